The molecule has 90 valence electrons. The Hall–Kier alpha value is -1.06. The number of nitrogens with one attached hydrogen (secondary N) is 1. The fourth-order valence-corrected chi connectivity index (χ4v) is 1.75. The molecule has 0 saturated heterocycles. The summed E-state index contributed by atoms with van der Waals surface area (Å²) in [6.07, 6.45) is 1.97. The molecule has 0 bridgehead atoms. The monoisotopic (exact) mass is 223 g/mol. The molecule has 0 saturated carbocycles. The highest BCUT2D eigenvalue weighted by atomic mass is 16.5. The average Bonchev–Trinajstić information content (AvgIpc) is 2.34. The molecule has 3 nitrogen and oxygen atoms in total. The summed E-state index contributed by atoms with van der Waals surface area (Å²) in [5, 5.41) is 3.30. The Bertz CT molecular complexity index is 302. The summed E-state index contributed by atoms with van der Waals surface area (Å²) in [5.41, 5.74) is 1.24. The second-order valence-corrected chi connectivity index (χ2v) is 3.78. The summed E-state index contributed by atoms with van der Waals surface area (Å²) in [6.45, 7) is 0.778. The van der Waals surface area contributed by atoms with Crippen LogP contribution in [0.25, 0.3) is 0 Å². The van der Waals surface area contributed by atoms with Gasteiger partial charge in [0.15, 0.2) is 0 Å². The molecular formula is C13H21NO2. The number of benzene rings is 1. The Kier molecular flexibility index (Phi) is 5.90. The molecule has 0 aliphatic rings. The minimum absolute atomic E-state index is 0.427. The lowest BCUT2D eigenvalue weighted by Gasteiger charge is -2.17. The van der Waals surface area contributed by atoms with Gasteiger partial charge in [0.2, 0.25) is 0 Å². The molecule has 0 spiro atoms. The van der Waals surface area contributed by atoms with Crippen LogP contribution in [0.1, 0.15) is 12.0 Å². The highest BCUT2D eigenvalue weighted by Crippen LogP contribution is 2.19. The van der Waals surface area contributed by atoms with E-state index >= 15 is 0 Å². The van der Waals surface area contributed by atoms with Gasteiger partial charge in [0.05, 0.1) is 7.11 Å². The Labute approximate surface area is 97.8 Å². The zero-order chi connectivity index (χ0) is 11.8. The number of para-hydroxylation sites is 1. The molecule has 1 rings (SSSR count). The molecule has 1 unspecified atom stereocenters. The fraction of sp³-hybridized carbons (Fsp3) is 0.538. The molecule has 0 heterocycles. The van der Waals surface area contributed by atoms with Gasteiger partial charge < -0.3 is 14.8 Å². The van der Waals surface area contributed by atoms with E-state index in [1.807, 2.05) is 25.2 Å². The van der Waals surface area contributed by atoms with Crippen LogP contribution in [0.5, 0.6) is 5.75 Å². The third-order valence-electron chi connectivity index (χ3n) is 2.74. The van der Waals surface area contributed by atoms with E-state index in [9.17, 15) is 0 Å². The maximum Gasteiger partial charge on any atom is 0.122 e. The summed E-state index contributed by atoms with van der Waals surface area (Å²) >= 11 is 0. The second kappa shape index (κ2) is 7.25. The van der Waals surface area contributed by atoms with Gasteiger partial charge in [0, 0.05) is 19.8 Å². The lowest BCUT2D eigenvalue weighted by Crippen LogP contribution is -2.29. The number of ether oxygens (including phenoxy) is 2. The molecule has 16 heavy (non-hydrogen) atoms. The van der Waals surface area contributed by atoms with Crippen LogP contribution < -0.4 is 10.1 Å². The number of methoxy groups -OCH3 is 2. The smallest absolute Gasteiger partial charge is 0.122 e. The molecule has 0 fully saturated rings. The molecule has 0 aliphatic carbocycles. The van der Waals surface area contributed by atoms with Crippen molar-refractivity contribution in [3.8, 4) is 5.75 Å². The summed E-state index contributed by atoms with van der Waals surface area (Å²) < 4.78 is 10.4. The van der Waals surface area contributed by atoms with Crippen LogP contribution in [-0.4, -0.2) is 33.9 Å². The maximum atomic E-state index is 5.34. The van der Waals surface area contributed by atoms with Crippen LogP contribution in [0.3, 0.4) is 0 Å². The summed E-state index contributed by atoms with van der Waals surface area (Å²) in [5.74, 6) is 0.958. The van der Waals surface area contributed by atoms with E-state index in [1.54, 1.807) is 14.2 Å². The second-order valence-electron chi connectivity index (χ2n) is 3.78. The largest absolute Gasteiger partial charge is 0.496 e. The predicted molar refractivity (Wildman–Crippen MR) is 66.0 cm³/mol. The fourth-order valence-electron chi connectivity index (χ4n) is 1.75. The lowest BCUT2D eigenvalue weighted by molar-refractivity contribution is 0.183. The standard InChI is InChI=1S/C13H21NO2/c1-14-12(8-9-15-2)10-11-6-4-5-7-13(11)16-3/h4-7,12,14H,8-10H2,1-3H3. The Balaban J connectivity index is 2.62. The van der Waals surface area contributed by atoms with Gasteiger partial charge in [-0.3, -0.25) is 0 Å². The van der Waals surface area contributed by atoms with E-state index in [0.29, 0.717) is 6.04 Å². The van der Waals surface area contributed by atoms with Crippen molar-refractivity contribution in [1.29, 1.82) is 0 Å². The van der Waals surface area contributed by atoms with Crippen molar-refractivity contribution in [1.82, 2.24) is 5.32 Å². The number of rotatable bonds is 7. The van der Waals surface area contributed by atoms with Crippen molar-refractivity contribution >= 4 is 0 Å². The summed E-state index contributed by atoms with van der Waals surface area (Å²) in [7, 11) is 5.42. The first-order valence-corrected chi connectivity index (χ1v) is 5.60. The van der Waals surface area contributed by atoms with Gasteiger partial charge in [-0.2, -0.15) is 0 Å². The normalized spacial score (nSPS) is 12.4. The topological polar surface area (TPSA) is 30.5 Å². The minimum atomic E-state index is 0.427. The Morgan fingerprint density at radius 2 is 2.00 bits per heavy atom. The third kappa shape index (κ3) is 3.83. The van der Waals surface area contributed by atoms with Crippen LogP contribution in [-0.2, 0) is 11.2 Å². The highest BCUT2D eigenvalue weighted by molar-refractivity contribution is 5.33. The van der Waals surface area contributed by atoms with Gasteiger partial charge in [-0.25, -0.2) is 0 Å². The summed E-state index contributed by atoms with van der Waals surface area (Å²) in [6, 6.07) is 8.57. The molecule has 3 heteroatoms. The van der Waals surface area contributed by atoms with Crippen molar-refractivity contribution in [2.24, 2.45) is 0 Å². The third-order valence-corrected chi connectivity index (χ3v) is 2.74. The number of hydrogen-bond donors (Lipinski definition) is 1. The van der Waals surface area contributed by atoms with Gasteiger partial charge in [0.25, 0.3) is 0 Å². The van der Waals surface area contributed by atoms with Crippen molar-refractivity contribution in [3.05, 3.63) is 29.8 Å². The van der Waals surface area contributed by atoms with Crippen molar-refractivity contribution in [3.63, 3.8) is 0 Å². The van der Waals surface area contributed by atoms with Gasteiger partial charge in [-0.05, 0) is 31.5 Å². The van der Waals surface area contributed by atoms with Crippen LogP contribution in [0.15, 0.2) is 24.3 Å². The lowest BCUT2D eigenvalue weighted by atomic mass is 10.0. The molecule has 1 aromatic rings. The molecule has 0 aromatic heterocycles. The molecule has 0 amide bonds. The van der Waals surface area contributed by atoms with Crippen LogP contribution in [0.2, 0.25) is 0 Å². The van der Waals surface area contributed by atoms with Crippen LogP contribution in [0.4, 0.5) is 0 Å². The quantitative estimate of drug-likeness (QED) is 0.765. The SMILES string of the molecule is CNC(CCOC)Cc1ccccc1OC. The zero-order valence-electron chi connectivity index (χ0n) is 10.3. The van der Waals surface area contributed by atoms with E-state index in [4.69, 9.17) is 9.47 Å². The van der Waals surface area contributed by atoms with E-state index in [-0.39, 0.29) is 0 Å². The molecule has 0 aliphatic heterocycles. The van der Waals surface area contributed by atoms with Crippen LogP contribution in [0, 0.1) is 0 Å². The minimum Gasteiger partial charge on any atom is -0.496 e. The van der Waals surface area contributed by atoms with E-state index < -0.39 is 0 Å². The summed E-state index contributed by atoms with van der Waals surface area (Å²) in [4.78, 5) is 0. The maximum absolute atomic E-state index is 5.34. The van der Waals surface area contributed by atoms with E-state index in [1.165, 1.54) is 5.56 Å². The average molecular weight is 223 g/mol. The van der Waals surface area contributed by atoms with Crippen molar-refractivity contribution < 1.29 is 9.47 Å². The highest BCUT2D eigenvalue weighted by Gasteiger charge is 2.10. The molecular weight excluding hydrogens is 202 g/mol. The van der Waals surface area contributed by atoms with Gasteiger partial charge >= 0.3 is 0 Å². The number of hydrogen-bond acceptors (Lipinski definition) is 3. The van der Waals surface area contributed by atoms with Gasteiger partial charge in [-0.1, -0.05) is 18.2 Å². The van der Waals surface area contributed by atoms with Crippen molar-refractivity contribution in [2.75, 3.05) is 27.9 Å². The first-order chi connectivity index (χ1) is 7.81. The Morgan fingerprint density at radius 1 is 1.25 bits per heavy atom. The van der Waals surface area contributed by atoms with Crippen molar-refractivity contribution in [2.45, 2.75) is 18.9 Å². The molecule has 1 N–H and O–H groups in total. The molecule has 0 radical (unpaired) electrons. The van der Waals surface area contributed by atoms with Gasteiger partial charge in [-0.15, -0.1) is 0 Å². The molecule has 1 atom stereocenters. The van der Waals surface area contributed by atoms with E-state index in [2.05, 4.69) is 11.4 Å². The van der Waals surface area contributed by atoms with Crippen LogP contribution >= 0.6 is 0 Å². The molecule has 1 aromatic carbocycles. The predicted octanol–water partition coefficient (Wildman–Crippen LogP) is 1.86. The first-order valence-electron chi connectivity index (χ1n) is 5.60. The van der Waals surface area contributed by atoms with E-state index in [0.717, 1.165) is 25.2 Å². The zero-order valence-corrected chi connectivity index (χ0v) is 10.3. The van der Waals surface area contributed by atoms with Gasteiger partial charge in [0.1, 0.15) is 5.75 Å². The first kappa shape index (κ1) is 13.0. The number of likely N-dealkylation sites (N-methyl/N-ethyl adjacent to an activating group) is 1. The Morgan fingerprint density at radius 3 is 2.62 bits per heavy atom.